The topological polar surface area (TPSA) is 52.3 Å². The van der Waals surface area contributed by atoms with E-state index in [2.05, 4.69) is 13.8 Å². The molecule has 0 bridgehead atoms. The smallest absolute Gasteiger partial charge is 0.133 e. The van der Waals surface area contributed by atoms with Gasteiger partial charge in [-0.05, 0) is 98.8 Å². The van der Waals surface area contributed by atoms with Gasteiger partial charge in [-0.25, -0.2) is 0 Å². The van der Waals surface area contributed by atoms with Crippen LogP contribution in [-0.4, -0.2) is 25.0 Å². The first-order chi connectivity index (χ1) is 13.5. The van der Waals surface area contributed by atoms with Crippen LogP contribution in [-0.2, 0) is 9.53 Å². The van der Waals surface area contributed by atoms with E-state index in [0.29, 0.717) is 28.6 Å². The molecule has 4 fully saturated rings. The van der Waals surface area contributed by atoms with E-state index in [1.165, 1.54) is 57.8 Å². The Morgan fingerprint density at radius 1 is 0.929 bits per heavy atom. The second-order valence-electron chi connectivity index (χ2n) is 11.1. The molecule has 4 saturated carbocycles. The monoisotopic (exact) mass is 389 g/mol. The normalized spacial score (nSPS) is 45.4. The van der Waals surface area contributed by atoms with Crippen molar-refractivity contribution in [3.05, 3.63) is 0 Å². The minimum atomic E-state index is 0.395. The molecule has 0 amide bonds. The van der Waals surface area contributed by atoms with Crippen LogP contribution >= 0.6 is 0 Å². The molecule has 3 heteroatoms. The van der Waals surface area contributed by atoms with Crippen molar-refractivity contribution in [3.63, 3.8) is 0 Å². The molecule has 0 heterocycles. The van der Waals surface area contributed by atoms with Crippen molar-refractivity contribution in [2.75, 3.05) is 13.2 Å². The molecule has 4 aliphatic carbocycles. The summed E-state index contributed by atoms with van der Waals surface area (Å²) in [5.74, 6) is 3.78. The van der Waals surface area contributed by atoms with E-state index >= 15 is 0 Å². The number of ether oxygens (including phenoxy) is 1. The van der Waals surface area contributed by atoms with Gasteiger partial charge in [-0.1, -0.05) is 26.7 Å². The van der Waals surface area contributed by atoms with Crippen molar-refractivity contribution >= 4 is 5.78 Å². The second-order valence-corrected chi connectivity index (χ2v) is 11.1. The summed E-state index contributed by atoms with van der Waals surface area (Å²) in [6, 6.07) is 0. The first-order valence-electron chi connectivity index (χ1n) is 12.3. The Morgan fingerprint density at radius 2 is 1.71 bits per heavy atom. The molecule has 28 heavy (non-hydrogen) atoms. The van der Waals surface area contributed by atoms with Gasteiger partial charge in [0.05, 0.1) is 6.10 Å². The summed E-state index contributed by atoms with van der Waals surface area (Å²) in [4.78, 5) is 12.1. The highest BCUT2D eigenvalue weighted by atomic mass is 16.5. The predicted octanol–water partition coefficient (Wildman–Crippen LogP) is 5.50. The van der Waals surface area contributed by atoms with Gasteiger partial charge in [-0.15, -0.1) is 0 Å². The number of hydrogen-bond donors (Lipinski definition) is 1. The number of ketones is 1. The summed E-state index contributed by atoms with van der Waals surface area (Å²) < 4.78 is 6.51. The maximum absolute atomic E-state index is 12.1. The van der Waals surface area contributed by atoms with Crippen molar-refractivity contribution in [2.45, 2.75) is 103 Å². The van der Waals surface area contributed by atoms with Crippen LogP contribution < -0.4 is 5.73 Å². The lowest BCUT2D eigenvalue weighted by molar-refractivity contribution is -0.145. The number of nitrogens with two attached hydrogens (primary N) is 1. The Labute approximate surface area is 172 Å². The fourth-order valence-corrected chi connectivity index (χ4v) is 8.10. The zero-order chi connectivity index (χ0) is 19.8. The number of unbranched alkanes of at least 4 members (excludes halogenated alkanes) is 3. The first kappa shape index (κ1) is 20.8. The summed E-state index contributed by atoms with van der Waals surface area (Å²) in [5.41, 5.74) is 6.42. The van der Waals surface area contributed by atoms with Gasteiger partial charge >= 0.3 is 0 Å². The van der Waals surface area contributed by atoms with Crippen LogP contribution in [0, 0.1) is 34.5 Å². The van der Waals surface area contributed by atoms with Crippen LogP contribution in [0.3, 0.4) is 0 Å². The summed E-state index contributed by atoms with van der Waals surface area (Å²) in [6.45, 7) is 6.86. The van der Waals surface area contributed by atoms with Crippen molar-refractivity contribution in [2.24, 2.45) is 40.2 Å². The maximum Gasteiger partial charge on any atom is 0.133 e. The fourth-order valence-electron chi connectivity index (χ4n) is 8.10. The summed E-state index contributed by atoms with van der Waals surface area (Å²) >= 11 is 0. The van der Waals surface area contributed by atoms with Crippen LogP contribution in [0.1, 0.15) is 97.3 Å². The lowest BCUT2D eigenvalue weighted by Crippen LogP contribution is -2.54. The van der Waals surface area contributed by atoms with E-state index < -0.39 is 0 Å². The Morgan fingerprint density at radius 3 is 2.54 bits per heavy atom. The van der Waals surface area contributed by atoms with E-state index in [0.717, 1.165) is 56.6 Å². The molecule has 2 N–H and O–H groups in total. The number of fused-ring (bicyclic) bond motifs is 5. The molecule has 0 aromatic heterocycles. The van der Waals surface area contributed by atoms with Crippen molar-refractivity contribution in [3.8, 4) is 0 Å². The molecule has 0 saturated heterocycles. The molecule has 0 spiro atoms. The number of carbonyl (C=O) groups is 1. The Balaban J connectivity index is 1.37. The van der Waals surface area contributed by atoms with Gasteiger partial charge in [-0.2, -0.15) is 0 Å². The Hall–Kier alpha value is -0.410. The third-order valence-electron chi connectivity index (χ3n) is 9.81. The third-order valence-corrected chi connectivity index (χ3v) is 9.81. The van der Waals surface area contributed by atoms with Crippen molar-refractivity contribution < 1.29 is 9.53 Å². The number of hydrogen-bond acceptors (Lipinski definition) is 3. The third kappa shape index (κ3) is 3.60. The average Bonchev–Trinajstić information content (AvgIpc) is 3.01. The first-order valence-corrected chi connectivity index (χ1v) is 12.3. The van der Waals surface area contributed by atoms with E-state index in [-0.39, 0.29) is 0 Å². The van der Waals surface area contributed by atoms with Gasteiger partial charge in [0.15, 0.2) is 0 Å². The van der Waals surface area contributed by atoms with Gasteiger partial charge < -0.3 is 10.5 Å². The molecule has 0 radical (unpaired) electrons. The van der Waals surface area contributed by atoms with E-state index in [9.17, 15) is 4.79 Å². The molecule has 7 unspecified atom stereocenters. The molecule has 4 aliphatic rings. The average molecular weight is 390 g/mol. The fraction of sp³-hybridized carbons (Fsp3) is 0.960. The molecule has 0 aliphatic heterocycles. The van der Waals surface area contributed by atoms with Crippen LogP contribution in [0.25, 0.3) is 0 Å². The zero-order valence-electron chi connectivity index (χ0n) is 18.4. The largest absolute Gasteiger partial charge is 0.378 e. The molecule has 4 rings (SSSR count). The SMILES string of the molecule is CC12CCC(=O)CC1CCC1C2CCC2(C)C(OCCCCCCN)CCC12. The highest BCUT2D eigenvalue weighted by Crippen LogP contribution is 2.66. The quantitative estimate of drug-likeness (QED) is 0.585. The standard InChI is InChI=1S/C25H43NO2/c1-24-13-11-19(27)17-18(24)7-8-20-21-9-10-23(25(21,2)14-12-22(20)24)28-16-6-4-3-5-15-26/h18,20-23H,3-17,26H2,1-2H3. The number of Topliss-reactive ketones (excluding diaryl/α,β-unsaturated/α-hetero) is 1. The predicted molar refractivity (Wildman–Crippen MR) is 114 cm³/mol. The van der Waals surface area contributed by atoms with Gasteiger partial charge in [0.1, 0.15) is 5.78 Å². The molecule has 0 aromatic rings. The van der Waals surface area contributed by atoms with Gasteiger partial charge in [0, 0.05) is 19.4 Å². The highest BCUT2D eigenvalue weighted by molar-refractivity contribution is 5.79. The molecule has 0 aromatic carbocycles. The minimum absolute atomic E-state index is 0.395. The highest BCUT2D eigenvalue weighted by Gasteiger charge is 2.60. The number of carbonyl (C=O) groups excluding carboxylic acids is 1. The summed E-state index contributed by atoms with van der Waals surface area (Å²) in [5, 5.41) is 0. The molecule has 7 atom stereocenters. The van der Waals surface area contributed by atoms with Crippen LogP contribution in [0.4, 0.5) is 0 Å². The van der Waals surface area contributed by atoms with Crippen LogP contribution in [0.5, 0.6) is 0 Å². The summed E-state index contributed by atoms with van der Waals surface area (Å²) in [6.07, 6.45) is 16.2. The van der Waals surface area contributed by atoms with Crippen molar-refractivity contribution in [1.82, 2.24) is 0 Å². The van der Waals surface area contributed by atoms with E-state index in [4.69, 9.17) is 10.5 Å². The molecular formula is C25H43NO2. The van der Waals surface area contributed by atoms with E-state index in [1.54, 1.807) is 0 Å². The van der Waals surface area contributed by atoms with Gasteiger partial charge in [0.2, 0.25) is 0 Å². The second kappa shape index (κ2) is 8.38. The maximum atomic E-state index is 12.1. The van der Waals surface area contributed by atoms with Crippen LogP contribution in [0.2, 0.25) is 0 Å². The summed E-state index contributed by atoms with van der Waals surface area (Å²) in [7, 11) is 0. The Bertz CT molecular complexity index is 563. The molecule has 3 nitrogen and oxygen atoms in total. The van der Waals surface area contributed by atoms with Crippen molar-refractivity contribution in [1.29, 1.82) is 0 Å². The Kier molecular flexibility index (Phi) is 6.24. The minimum Gasteiger partial charge on any atom is -0.378 e. The number of rotatable bonds is 7. The lowest BCUT2D eigenvalue weighted by atomic mass is 9.45. The van der Waals surface area contributed by atoms with Crippen LogP contribution in [0.15, 0.2) is 0 Å². The van der Waals surface area contributed by atoms with Gasteiger partial charge in [-0.3, -0.25) is 4.79 Å². The van der Waals surface area contributed by atoms with Gasteiger partial charge in [0.25, 0.3) is 0 Å². The molecular weight excluding hydrogens is 346 g/mol. The zero-order valence-corrected chi connectivity index (χ0v) is 18.4. The van der Waals surface area contributed by atoms with E-state index in [1.807, 2.05) is 0 Å². The molecule has 160 valence electrons. The lowest BCUT2D eigenvalue weighted by Gasteiger charge is -2.60.